The number of benzene rings is 2. The summed E-state index contributed by atoms with van der Waals surface area (Å²) in [6.45, 7) is 0. The standard InChI is InChI=1S/C17H14F3NO3/c18-17(19,20)14-7-2-1-4-11(14)8-9-15(22)21-13-6-3-5-12(10-13)16(23)24/h1-7,10H,8-9H2,(H,21,22)(H,23,24). The summed E-state index contributed by atoms with van der Waals surface area (Å²) in [5, 5.41) is 11.4. The number of carbonyl (C=O) groups is 2. The molecule has 0 bridgehead atoms. The SMILES string of the molecule is O=C(CCc1ccccc1C(F)(F)F)Nc1cccc(C(=O)O)c1. The quantitative estimate of drug-likeness (QED) is 0.867. The van der Waals surface area contributed by atoms with Gasteiger partial charge in [0.15, 0.2) is 0 Å². The molecule has 0 saturated heterocycles. The van der Waals surface area contributed by atoms with Crippen LogP contribution in [0.25, 0.3) is 0 Å². The molecule has 24 heavy (non-hydrogen) atoms. The van der Waals surface area contributed by atoms with Crippen molar-refractivity contribution in [1.82, 2.24) is 0 Å². The van der Waals surface area contributed by atoms with Gasteiger partial charge in [-0.1, -0.05) is 24.3 Å². The number of aromatic carboxylic acids is 1. The van der Waals surface area contributed by atoms with Crippen molar-refractivity contribution >= 4 is 17.6 Å². The molecule has 0 aliphatic heterocycles. The van der Waals surface area contributed by atoms with E-state index in [1.807, 2.05) is 0 Å². The fourth-order valence-corrected chi connectivity index (χ4v) is 2.22. The fraction of sp³-hybridized carbons (Fsp3) is 0.176. The highest BCUT2D eigenvalue weighted by molar-refractivity contribution is 5.93. The minimum Gasteiger partial charge on any atom is -0.478 e. The van der Waals surface area contributed by atoms with E-state index in [2.05, 4.69) is 5.32 Å². The molecule has 2 aromatic carbocycles. The number of nitrogens with one attached hydrogen (secondary N) is 1. The Morgan fingerprint density at radius 1 is 1.04 bits per heavy atom. The number of rotatable bonds is 5. The average Bonchev–Trinajstić information content (AvgIpc) is 2.52. The number of hydrogen-bond acceptors (Lipinski definition) is 2. The van der Waals surface area contributed by atoms with Crippen LogP contribution in [-0.4, -0.2) is 17.0 Å². The number of carbonyl (C=O) groups excluding carboxylic acids is 1. The third kappa shape index (κ3) is 4.58. The van der Waals surface area contributed by atoms with Crippen LogP contribution in [-0.2, 0) is 17.4 Å². The molecule has 2 aromatic rings. The molecule has 2 rings (SSSR count). The van der Waals surface area contributed by atoms with Crippen molar-refractivity contribution < 1.29 is 27.9 Å². The lowest BCUT2D eigenvalue weighted by atomic mass is 10.0. The molecule has 0 spiro atoms. The molecule has 0 saturated carbocycles. The highest BCUT2D eigenvalue weighted by atomic mass is 19.4. The lowest BCUT2D eigenvalue weighted by Gasteiger charge is -2.12. The van der Waals surface area contributed by atoms with Crippen LogP contribution in [0.5, 0.6) is 0 Å². The van der Waals surface area contributed by atoms with Gasteiger partial charge in [-0.25, -0.2) is 4.79 Å². The van der Waals surface area contributed by atoms with Crippen LogP contribution in [0.3, 0.4) is 0 Å². The number of aryl methyl sites for hydroxylation is 1. The molecule has 0 fully saturated rings. The van der Waals surface area contributed by atoms with E-state index < -0.39 is 23.6 Å². The molecule has 0 aliphatic rings. The molecular formula is C17H14F3NO3. The molecule has 0 unspecified atom stereocenters. The van der Waals surface area contributed by atoms with Gasteiger partial charge in [0.05, 0.1) is 11.1 Å². The smallest absolute Gasteiger partial charge is 0.416 e. The van der Waals surface area contributed by atoms with Crippen molar-refractivity contribution in [3.63, 3.8) is 0 Å². The van der Waals surface area contributed by atoms with Crippen LogP contribution < -0.4 is 5.32 Å². The Balaban J connectivity index is 2.02. The summed E-state index contributed by atoms with van der Waals surface area (Å²) in [4.78, 5) is 22.8. The molecule has 0 aliphatic carbocycles. The summed E-state index contributed by atoms with van der Waals surface area (Å²) >= 11 is 0. The van der Waals surface area contributed by atoms with Crippen LogP contribution >= 0.6 is 0 Å². The van der Waals surface area contributed by atoms with E-state index in [-0.39, 0.29) is 29.7 Å². The maximum Gasteiger partial charge on any atom is 0.416 e. The highest BCUT2D eigenvalue weighted by Gasteiger charge is 2.32. The van der Waals surface area contributed by atoms with Gasteiger partial charge in [-0.3, -0.25) is 4.79 Å². The molecule has 1 amide bonds. The van der Waals surface area contributed by atoms with E-state index in [1.54, 1.807) is 0 Å². The zero-order valence-electron chi connectivity index (χ0n) is 12.4. The second kappa shape index (κ2) is 7.16. The number of amides is 1. The van der Waals surface area contributed by atoms with Gasteiger partial charge in [-0.2, -0.15) is 13.2 Å². The van der Waals surface area contributed by atoms with E-state index in [0.29, 0.717) is 0 Å². The normalized spacial score (nSPS) is 11.1. The van der Waals surface area contributed by atoms with Crippen LogP contribution in [0, 0.1) is 0 Å². The minimum atomic E-state index is -4.47. The Kier molecular flexibility index (Phi) is 5.23. The van der Waals surface area contributed by atoms with Crippen molar-refractivity contribution in [2.75, 3.05) is 5.32 Å². The van der Waals surface area contributed by atoms with E-state index in [9.17, 15) is 22.8 Å². The summed E-state index contributed by atoms with van der Waals surface area (Å²) in [6.07, 6.45) is -4.69. The maximum absolute atomic E-state index is 12.9. The zero-order valence-corrected chi connectivity index (χ0v) is 12.4. The predicted octanol–water partition coefficient (Wildman–Crippen LogP) is 3.97. The van der Waals surface area contributed by atoms with Crippen LogP contribution in [0.1, 0.15) is 27.9 Å². The molecule has 126 valence electrons. The van der Waals surface area contributed by atoms with Crippen molar-refractivity contribution in [2.45, 2.75) is 19.0 Å². The minimum absolute atomic E-state index is 0.00946. The number of hydrogen-bond donors (Lipinski definition) is 2. The Bertz CT molecular complexity index is 757. The number of anilines is 1. The number of halogens is 3. The molecule has 7 heteroatoms. The Labute approximate surface area is 135 Å². The van der Waals surface area contributed by atoms with Gasteiger partial charge in [-0.15, -0.1) is 0 Å². The Hall–Kier alpha value is -2.83. The van der Waals surface area contributed by atoms with E-state index in [0.717, 1.165) is 6.07 Å². The predicted molar refractivity (Wildman–Crippen MR) is 81.8 cm³/mol. The van der Waals surface area contributed by atoms with Crippen molar-refractivity contribution in [2.24, 2.45) is 0 Å². The summed E-state index contributed by atoms with van der Waals surface area (Å²) in [6, 6.07) is 10.7. The largest absolute Gasteiger partial charge is 0.478 e. The monoisotopic (exact) mass is 337 g/mol. The van der Waals surface area contributed by atoms with Crippen LogP contribution in [0.4, 0.5) is 18.9 Å². The molecule has 0 radical (unpaired) electrons. The first kappa shape index (κ1) is 17.5. The van der Waals surface area contributed by atoms with Gasteiger partial charge in [0, 0.05) is 12.1 Å². The summed E-state index contributed by atoms with van der Waals surface area (Å²) < 4.78 is 38.7. The van der Waals surface area contributed by atoms with Crippen LogP contribution in [0.2, 0.25) is 0 Å². The first-order valence-electron chi connectivity index (χ1n) is 7.05. The van der Waals surface area contributed by atoms with Crippen LogP contribution in [0.15, 0.2) is 48.5 Å². The maximum atomic E-state index is 12.9. The van der Waals surface area contributed by atoms with Gasteiger partial charge in [0.1, 0.15) is 0 Å². The fourth-order valence-electron chi connectivity index (χ4n) is 2.22. The lowest BCUT2D eigenvalue weighted by Crippen LogP contribution is -2.15. The second-order valence-corrected chi connectivity index (χ2v) is 5.09. The van der Waals surface area contributed by atoms with E-state index >= 15 is 0 Å². The molecule has 4 nitrogen and oxygen atoms in total. The Morgan fingerprint density at radius 2 is 1.75 bits per heavy atom. The van der Waals surface area contributed by atoms with Crippen molar-refractivity contribution in [3.05, 3.63) is 65.2 Å². The average molecular weight is 337 g/mol. The highest BCUT2D eigenvalue weighted by Crippen LogP contribution is 2.32. The third-order valence-corrected chi connectivity index (χ3v) is 3.34. The van der Waals surface area contributed by atoms with Gasteiger partial charge in [0.2, 0.25) is 5.91 Å². The Morgan fingerprint density at radius 3 is 2.42 bits per heavy atom. The summed E-state index contributed by atoms with van der Waals surface area (Å²) in [5.74, 6) is -1.63. The number of alkyl halides is 3. The summed E-state index contributed by atoms with van der Waals surface area (Å²) in [5.41, 5.74) is -0.427. The molecule has 0 aromatic heterocycles. The third-order valence-electron chi connectivity index (χ3n) is 3.34. The topological polar surface area (TPSA) is 66.4 Å². The summed E-state index contributed by atoms with van der Waals surface area (Å²) in [7, 11) is 0. The van der Waals surface area contributed by atoms with Gasteiger partial charge >= 0.3 is 12.1 Å². The molecule has 2 N–H and O–H groups in total. The van der Waals surface area contributed by atoms with Crippen molar-refractivity contribution in [1.29, 1.82) is 0 Å². The molecular weight excluding hydrogens is 323 g/mol. The second-order valence-electron chi connectivity index (χ2n) is 5.09. The number of carboxylic acid groups (broad SMARTS) is 1. The first-order valence-corrected chi connectivity index (χ1v) is 7.05. The van der Waals surface area contributed by atoms with Gasteiger partial charge < -0.3 is 10.4 Å². The molecule has 0 atom stereocenters. The molecule has 0 heterocycles. The zero-order chi connectivity index (χ0) is 17.7. The van der Waals surface area contributed by atoms with Gasteiger partial charge in [-0.05, 0) is 36.2 Å². The number of carboxylic acids is 1. The van der Waals surface area contributed by atoms with E-state index in [4.69, 9.17) is 5.11 Å². The van der Waals surface area contributed by atoms with Gasteiger partial charge in [0.25, 0.3) is 0 Å². The van der Waals surface area contributed by atoms with Crippen molar-refractivity contribution in [3.8, 4) is 0 Å². The van der Waals surface area contributed by atoms with E-state index in [1.165, 1.54) is 42.5 Å². The lowest BCUT2D eigenvalue weighted by molar-refractivity contribution is -0.138. The first-order chi connectivity index (χ1) is 11.3.